The fourth-order valence-electron chi connectivity index (χ4n) is 2.80. The minimum atomic E-state index is 0. The molecule has 5 heteroatoms. The minimum absolute atomic E-state index is 0. The Morgan fingerprint density at radius 3 is 2.82 bits per heavy atom. The van der Waals surface area contributed by atoms with E-state index >= 15 is 0 Å². The third kappa shape index (κ3) is 3.22. The zero-order valence-electron chi connectivity index (χ0n) is 12.5. The third-order valence-corrected chi connectivity index (χ3v) is 4.03. The summed E-state index contributed by atoms with van der Waals surface area (Å²) in [6.07, 6.45) is 2.90. The molecule has 0 spiro atoms. The van der Waals surface area contributed by atoms with Crippen LogP contribution in [-0.4, -0.2) is 17.4 Å². The summed E-state index contributed by atoms with van der Waals surface area (Å²) < 4.78 is 0. The summed E-state index contributed by atoms with van der Waals surface area (Å²) in [5.74, 6) is 0.589. The van der Waals surface area contributed by atoms with Crippen molar-refractivity contribution in [2.24, 2.45) is 0 Å². The molecule has 1 aromatic heterocycles. The summed E-state index contributed by atoms with van der Waals surface area (Å²) in [6.45, 7) is 2.98. The molecule has 0 radical (unpaired) electrons. The largest absolute Gasteiger partial charge is 0.397 e. The van der Waals surface area contributed by atoms with Gasteiger partial charge in [0.2, 0.25) is 5.91 Å². The first kappa shape index (κ1) is 16.3. The highest BCUT2D eigenvalue weighted by atomic mass is 35.5. The van der Waals surface area contributed by atoms with E-state index in [1.54, 1.807) is 12.3 Å². The Bertz CT molecular complexity index is 657. The zero-order chi connectivity index (χ0) is 14.8. The molecule has 116 valence electrons. The highest BCUT2D eigenvalue weighted by molar-refractivity contribution is 5.95. The number of hydrogen-bond acceptors (Lipinski definition) is 3. The molecule has 1 amide bonds. The molecule has 3 rings (SSSR count). The van der Waals surface area contributed by atoms with Crippen molar-refractivity contribution in [3.63, 3.8) is 0 Å². The maximum absolute atomic E-state index is 12.6. The molecule has 1 aliphatic heterocycles. The number of halogens is 1. The van der Waals surface area contributed by atoms with Gasteiger partial charge in [0, 0.05) is 17.9 Å². The van der Waals surface area contributed by atoms with Gasteiger partial charge in [-0.25, -0.2) is 0 Å². The Morgan fingerprint density at radius 2 is 2.09 bits per heavy atom. The van der Waals surface area contributed by atoms with Crippen molar-refractivity contribution < 1.29 is 4.79 Å². The van der Waals surface area contributed by atoms with E-state index in [1.165, 1.54) is 5.56 Å². The normalized spacial score (nSPS) is 16.6. The van der Waals surface area contributed by atoms with Crippen LogP contribution in [0.5, 0.6) is 0 Å². The van der Waals surface area contributed by atoms with Crippen LogP contribution >= 0.6 is 12.4 Å². The predicted octanol–water partition coefficient (Wildman–Crippen LogP) is 3.17. The molecule has 0 bridgehead atoms. The highest BCUT2D eigenvalue weighted by Crippen LogP contribution is 2.34. The number of carbonyl (C=O) groups excluding carboxylic acids is 1. The molecule has 2 aromatic rings. The molecule has 0 saturated carbocycles. The van der Waals surface area contributed by atoms with Gasteiger partial charge in [-0.1, -0.05) is 25.1 Å². The fourth-order valence-corrected chi connectivity index (χ4v) is 2.80. The smallest absolute Gasteiger partial charge is 0.233 e. The summed E-state index contributed by atoms with van der Waals surface area (Å²) in [4.78, 5) is 18.7. The average molecular weight is 318 g/mol. The Morgan fingerprint density at radius 1 is 1.32 bits per heavy atom. The average Bonchev–Trinajstić information content (AvgIpc) is 2.50. The maximum Gasteiger partial charge on any atom is 0.233 e. The van der Waals surface area contributed by atoms with E-state index in [1.807, 2.05) is 29.2 Å². The number of nitrogen functional groups attached to an aromatic ring is 1. The number of para-hydroxylation sites is 1. The molecular formula is C17H20ClN3O. The van der Waals surface area contributed by atoms with Crippen LogP contribution in [0.3, 0.4) is 0 Å². The Kier molecular flexibility index (Phi) is 5.03. The molecule has 0 aliphatic carbocycles. The van der Waals surface area contributed by atoms with E-state index in [9.17, 15) is 4.79 Å². The molecule has 1 atom stereocenters. The summed E-state index contributed by atoms with van der Waals surface area (Å²) in [5, 5.41) is 0. The van der Waals surface area contributed by atoms with Gasteiger partial charge >= 0.3 is 0 Å². The van der Waals surface area contributed by atoms with Crippen molar-refractivity contribution in [2.75, 3.05) is 17.2 Å². The van der Waals surface area contributed by atoms with Crippen molar-refractivity contribution >= 4 is 29.7 Å². The SMILES string of the molecule is CC1CCN(C(=O)Cc2ccc(N)cn2)c2ccccc21.Cl. The molecule has 4 nitrogen and oxygen atoms in total. The zero-order valence-corrected chi connectivity index (χ0v) is 13.3. The molecule has 22 heavy (non-hydrogen) atoms. The predicted molar refractivity (Wildman–Crippen MR) is 91.4 cm³/mol. The number of pyridine rings is 1. The highest BCUT2D eigenvalue weighted by Gasteiger charge is 2.26. The van der Waals surface area contributed by atoms with Crippen LogP contribution in [0, 0.1) is 0 Å². The number of amides is 1. The van der Waals surface area contributed by atoms with Crippen LogP contribution in [0.15, 0.2) is 42.6 Å². The second kappa shape index (κ2) is 6.79. The van der Waals surface area contributed by atoms with Gasteiger partial charge in [0.05, 0.1) is 18.3 Å². The van der Waals surface area contributed by atoms with Gasteiger partial charge in [-0.15, -0.1) is 12.4 Å². The number of hydrogen-bond donors (Lipinski definition) is 1. The number of anilines is 2. The topological polar surface area (TPSA) is 59.2 Å². The van der Waals surface area contributed by atoms with Gasteiger partial charge in [0.15, 0.2) is 0 Å². The van der Waals surface area contributed by atoms with Crippen molar-refractivity contribution in [2.45, 2.75) is 25.7 Å². The van der Waals surface area contributed by atoms with Crippen LogP contribution in [0.1, 0.15) is 30.5 Å². The Labute approximate surface area is 136 Å². The fraction of sp³-hybridized carbons (Fsp3) is 0.294. The van der Waals surface area contributed by atoms with Gasteiger partial charge in [-0.05, 0) is 36.1 Å². The molecule has 1 aliphatic rings. The number of nitrogens with two attached hydrogens (primary N) is 1. The number of rotatable bonds is 2. The lowest BCUT2D eigenvalue weighted by molar-refractivity contribution is -0.118. The molecule has 0 saturated heterocycles. The first-order valence-electron chi connectivity index (χ1n) is 7.25. The molecule has 2 N–H and O–H groups in total. The van der Waals surface area contributed by atoms with Gasteiger partial charge < -0.3 is 10.6 Å². The molecule has 2 heterocycles. The van der Waals surface area contributed by atoms with E-state index in [0.717, 1.165) is 24.3 Å². The molecule has 1 aromatic carbocycles. The van der Waals surface area contributed by atoms with E-state index in [-0.39, 0.29) is 18.3 Å². The number of nitrogens with zero attached hydrogens (tertiary/aromatic N) is 2. The first-order valence-corrected chi connectivity index (χ1v) is 7.25. The maximum atomic E-state index is 12.6. The van der Waals surface area contributed by atoms with Crippen molar-refractivity contribution in [3.05, 3.63) is 53.9 Å². The first-order chi connectivity index (χ1) is 10.1. The second-order valence-electron chi connectivity index (χ2n) is 5.55. The van der Waals surface area contributed by atoms with Crippen molar-refractivity contribution in [3.8, 4) is 0 Å². The second-order valence-corrected chi connectivity index (χ2v) is 5.55. The lowest BCUT2D eigenvalue weighted by Gasteiger charge is -2.33. The lowest BCUT2D eigenvalue weighted by Crippen LogP contribution is -2.37. The Balaban J connectivity index is 0.00000176. The Hall–Kier alpha value is -2.07. The van der Waals surface area contributed by atoms with Crippen molar-refractivity contribution in [1.29, 1.82) is 0 Å². The number of benzene rings is 1. The lowest BCUT2D eigenvalue weighted by atomic mass is 9.91. The minimum Gasteiger partial charge on any atom is -0.397 e. The van der Waals surface area contributed by atoms with Crippen LogP contribution in [0.2, 0.25) is 0 Å². The van der Waals surface area contributed by atoms with Crippen LogP contribution < -0.4 is 10.6 Å². The van der Waals surface area contributed by atoms with E-state index in [0.29, 0.717) is 18.0 Å². The quantitative estimate of drug-likeness (QED) is 0.925. The van der Waals surface area contributed by atoms with E-state index in [2.05, 4.69) is 18.0 Å². The number of fused-ring (bicyclic) bond motifs is 1. The van der Waals surface area contributed by atoms with Gasteiger partial charge in [0.25, 0.3) is 0 Å². The standard InChI is InChI=1S/C17H19N3O.ClH/c1-12-8-9-20(16-5-3-2-4-15(12)16)17(21)10-14-7-6-13(18)11-19-14;/h2-7,11-12H,8-10,18H2,1H3;1H. The van der Waals surface area contributed by atoms with Gasteiger partial charge in [-0.3, -0.25) is 9.78 Å². The number of carbonyl (C=O) groups is 1. The van der Waals surface area contributed by atoms with Crippen molar-refractivity contribution in [1.82, 2.24) is 4.98 Å². The molecule has 0 fully saturated rings. The summed E-state index contributed by atoms with van der Waals surface area (Å²) >= 11 is 0. The van der Waals surface area contributed by atoms with Crippen LogP contribution in [0.4, 0.5) is 11.4 Å². The van der Waals surface area contributed by atoms with Gasteiger partial charge in [-0.2, -0.15) is 0 Å². The van der Waals surface area contributed by atoms with E-state index < -0.39 is 0 Å². The van der Waals surface area contributed by atoms with E-state index in [4.69, 9.17) is 5.73 Å². The molecule has 1 unspecified atom stereocenters. The molecular weight excluding hydrogens is 298 g/mol. The summed E-state index contributed by atoms with van der Waals surface area (Å²) in [6, 6.07) is 11.7. The summed E-state index contributed by atoms with van der Waals surface area (Å²) in [5.41, 5.74) is 9.28. The van der Waals surface area contributed by atoms with Gasteiger partial charge in [0.1, 0.15) is 0 Å². The summed E-state index contributed by atoms with van der Waals surface area (Å²) in [7, 11) is 0. The third-order valence-electron chi connectivity index (χ3n) is 4.03. The van der Waals surface area contributed by atoms with Crippen LogP contribution in [0.25, 0.3) is 0 Å². The number of aromatic nitrogens is 1. The van der Waals surface area contributed by atoms with Crippen LogP contribution in [-0.2, 0) is 11.2 Å². The monoisotopic (exact) mass is 317 g/mol.